The molecule has 1 atom stereocenters. The first-order valence-corrected chi connectivity index (χ1v) is 9.97. The first-order valence-electron chi connectivity index (χ1n) is 9.97. The van der Waals surface area contributed by atoms with Gasteiger partial charge in [-0.05, 0) is 54.8 Å². The third-order valence-electron chi connectivity index (χ3n) is 5.40. The SMILES string of the molecule is Cc1cc(C)cc(N2C(=O)C(=O)/C(=C(\O)c3ccc([N+](=O)[O-])cc3)C2c2ccccc2)c1. The van der Waals surface area contributed by atoms with Crippen LogP contribution in [0.1, 0.15) is 28.3 Å². The quantitative estimate of drug-likeness (QED) is 0.211. The van der Waals surface area contributed by atoms with Crippen molar-refractivity contribution in [1.82, 2.24) is 0 Å². The van der Waals surface area contributed by atoms with Gasteiger partial charge in [0.05, 0.1) is 16.5 Å². The molecule has 7 nitrogen and oxygen atoms in total. The summed E-state index contributed by atoms with van der Waals surface area (Å²) in [7, 11) is 0. The number of aliphatic hydroxyl groups is 1. The average Bonchev–Trinajstić information content (AvgIpc) is 3.04. The summed E-state index contributed by atoms with van der Waals surface area (Å²) in [5.41, 5.74) is 3.10. The molecular weight excluding hydrogens is 408 g/mol. The molecule has 32 heavy (non-hydrogen) atoms. The van der Waals surface area contributed by atoms with E-state index in [1.54, 1.807) is 24.3 Å². The summed E-state index contributed by atoms with van der Waals surface area (Å²) >= 11 is 0. The van der Waals surface area contributed by atoms with Crippen molar-refractivity contribution in [1.29, 1.82) is 0 Å². The van der Waals surface area contributed by atoms with Crippen molar-refractivity contribution in [3.63, 3.8) is 0 Å². The highest BCUT2D eigenvalue weighted by atomic mass is 16.6. The van der Waals surface area contributed by atoms with Crippen LogP contribution in [0.25, 0.3) is 5.76 Å². The molecule has 7 heteroatoms. The number of benzene rings is 3. The van der Waals surface area contributed by atoms with E-state index >= 15 is 0 Å². The molecule has 3 aromatic rings. The number of nitro benzene ring substituents is 1. The van der Waals surface area contributed by atoms with Crippen LogP contribution in [-0.2, 0) is 9.59 Å². The van der Waals surface area contributed by atoms with E-state index in [1.807, 2.05) is 38.1 Å². The number of hydrogen-bond acceptors (Lipinski definition) is 5. The number of non-ortho nitro benzene ring substituents is 1. The summed E-state index contributed by atoms with van der Waals surface area (Å²) in [6.45, 7) is 3.81. The molecule has 4 rings (SSSR count). The normalized spacial score (nSPS) is 17.6. The zero-order valence-corrected chi connectivity index (χ0v) is 17.5. The Hall–Kier alpha value is -4.26. The number of carbonyl (C=O) groups is 2. The van der Waals surface area contributed by atoms with Crippen LogP contribution in [0, 0.1) is 24.0 Å². The molecule has 1 fully saturated rings. The Morgan fingerprint density at radius 1 is 0.938 bits per heavy atom. The van der Waals surface area contributed by atoms with E-state index in [4.69, 9.17) is 0 Å². The predicted octanol–water partition coefficient (Wildman–Crippen LogP) is 4.84. The highest BCUT2D eigenvalue weighted by molar-refractivity contribution is 6.51. The van der Waals surface area contributed by atoms with E-state index in [1.165, 1.54) is 29.2 Å². The van der Waals surface area contributed by atoms with Gasteiger partial charge < -0.3 is 5.11 Å². The van der Waals surface area contributed by atoms with Gasteiger partial charge in [0.2, 0.25) is 0 Å². The third-order valence-corrected chi connectivity index (χ3v) is 5.40. The fourth-order valence-electron chi connectivity index (χ4n) is 4.04. The number of carbonyl (C=O) groups excluding carboxylic acids is 2. The highest BCUT2D eigenvalue weighted by Crippen LogP contribution is 2.42. The molecule has 3 aromatic carbocycles. The van der Waals surface area contributed by atoms with Gasteiger partial charge >= 0.3 is 0 Å². The van der Waals surface area contributed by atoms with E-state index in [-0.39, 0.29) is 22.6 Å². The minimum atomic E-state index is -0.840. The number of rotatable bonds is 4. The summed E-state index contributed by atoms with van der Waals surface area (Å²) in [5.74, 6) is -1.93. The maximum Gasteiger partial charge on any atom is 0.300 e. The lowest BCUT2D eigenvalue weighted by atomic mass is 9.95. The maximum atomic E-state index is 13.1. The molecule has 0 spiro atoms. The molecule has 0 radical (unpaired) electrons. The van der Waals surface area contributed by atoms with Crippen molar-refractivity contribution in [2.24, 2.45) is 0 Å². The molecule has 1 unspecified atom stereocenters. The molecule has 0 aromatic heterocycles. The number of ketones is 1. The van der Waals surface area contributed by atoms with Gasteiger partial charge in [-0.3, -0.25) is 24.6 Å². The first kappa shape index (κ1) is 21.0. The smallest absolute Gasteiger partial charge is 0.300 e. The molecule has 0 aliphatic carbocycles. The summed E-state index contributed by atoms with van der Waals surface area (Å²) in [6.07, 6.45) is 0. The van der Waals surface area contributed by atoms with Crippen LogP contribution in [0.2, 0.25) is 0 Å². The lowest BCUT2D eigenvalue weighted by Gasteiger charge is -2.26. The Bertz CT molecular complexity index is 1240. The second kappa shape index (κ2) is 8.11. The van der Waals surface area contributed by atoms with Gasteiger partial charge in [0.1, 0.15) is 5.76 Å². The summed E-state index contributed by atoms with van der Waals surface area (Å²) in [6, 6.07) is 19.0. The summed E-state index contributed by atoms with van der Waals surface area (Å²) in [5, 5.41) is 22.0. The van der Waals surface area contributed by atoms with Gasteiger partial charge in [-0.15, -0.1) is 0 Å². The van der Waals surface area contributed by atoms with E-state index in [0.717, 1.165) is 11.1 Å². The van der Waals surface area contributed by atoms with E-state index in [0.29, 0.717) is 11.3 Å². The molecule has 0 saturated carbocycles. The zero-order chi connectivity index (χ0) is 23.0. The highest BCUT2D eigenvalue weighted by Gasteiger charge is 2.47. The zero-order valence-electron chi connectivity index (χ0n) is 17.5. The fraction of sp³-hybridized carbons (Fsp3) is 0.120. The number of hydrogen-bond donors (Lipinski definition) is 1. The van der Waals surface area contributed by atoms with E-state index in [9.17, 15) is 24.8 Å². The number of amides is 1. The van der Waals surface area contributed by atoms with Gasteiger partial charge in [0.15, 0.2) is 0 Å². The minimum absolute atomic E-state index is 0.0609. The van der Waals surface area contributed by atoms with Crippen LogP contribution >= 0.6 is 0 Å². The number of aryl methyl sites for hydroxylation is 2. The number of anilines is 1. The second-order valence-corrected chi connectivity index (χ2v) is 7.73. The standard InChI is InChI=1S/C25H20N2O5/c1-15-12-16(2)14-20(13-15)26-22(17-6-4-3-5-7-17)21(24(29)25(26)30)23(28)18-8-10-19(11-9-18)27(31)32/h3-14,22,28H,1-2H3/b23-21-. The fourth-order valence-corrected chi connectivity index (χ4v) is 4.04. The lowest BCUT2D eigenvalue weighted by Crippen LogP contribution is -2.29. The first-order chi connectivity index (χ1) is 15.3. The van der Waals surface area contributed by atoms with Gasteiger partial charge in [-0.2, -0.15) is 0 Å². The molecular formula is C25H20N2O5. The van der Waals surface area contributed by atoms with Crippen LogP contribution in [0.3, 0.4) is 0 Å². The largest absolute Gasteiger partial charge is 0.507 e. The summed E-state index contributed by atoms with van der Waals surface area (Å²) < 4.78 is 0. The van der Waals surface area contributed by atoms with Crippen LogP contribution in [0.15, 0.2) is 78.4 Å². The van der Waals surface area contributed by atoms with Crippen molar-refractivity contribution in [3.8, 4) is 0 Å². The molecule has 1 aliphatic heterocycles. The van der Waals surface area contributed by atoms with Gasteiger partial charge in [-0.25, -0.2) is 0 Å². The Morgan fingerprint density at radius 3 is 2.09 bits per heavy atom. The second-order valence-electron chi connectivity index (χ2n) is 7.73. The van der Waals surface area contributed by atoms with Crippen LogP contribution in [0.5, 0.6) is 0 Å². The molecule has 1 amide bonds. The van der Waals surface area contributed by atoms with E-state index < -0.39 is 22.7 Å². The number of Topliss-reactive ketones (excluding diaryl/α,β-unsaturated/α-hetero) is 1. The van der Waals surface area contributed by atoms with Crippen LogP contribution in [-0.4, -0.2) is 21.7 Å². The molecule has 1 heterocycles. The third kappa shape index (κ3) is 3.65. The van der Waals surface area contributed by atoms with Crippen molar-refractivity contribution in [3.05, 3.63) is 111 Å². The Morgan fingerprint density at radius 2 is 1.53 bits per heavy atom. The van der Waals surface area contributed by atoms with Gasteiger partial charge in [-0.1, -0.05) is 36.4 Å². The van der Waals surface area contributed by atoms with Crippen molar-refractivity contribution in [2.45, 2.75) is 19.9 Å². The topological polar surface area (TPSA) is 101 Å². The Labute approximate surface area is 184 Å². The lowest BCUT2D eigenvalue weighted by molar-refractivity contribution is -0.384. The Balaban J connectivity index is 1.92. The summed E-state index contributed by atoms with van der Waals surface area (Å²) in [4.78, 5) is 38.1. The molecule has 0 bridgehead atoms. The Kier molecular flexibility index (Phi) is 5.32. The number of nitrogens with zero attached hydrogens (tertiary/aromatic N) is 2. The monoisotopic (exact) mass is 428 g/mol. The van der Waals surface area contributed by atoms with Gasteiger partial charge in [0.25, 0.3) is 17.4 Å². The molecule has 1 aliphatic rings. The average molecular weight is 428 g/mol. The molecule has 1 N–H and O–H groups in total. The van der Waals surface area contributed by atoms with Crippen molar-refractivity contribution >= 4 is 28.8 Å². The van der Waals surface area contributed by atoms with Crippen molar-refractivity contribution in [2.75, 3.05) is 4.90 Å². The number of nitro groups is 1. The maximum absolute atomic E-state index is 13.1. The molecule has 160 valence electrons. The van der Waals surface area contributed by atoms with Crippen molar-refractivity contribution < 1.29 is 19.6 Å². The van der Waals surface area contributed by atoms with Crippen LogP contribution in [0.4, 0.5) is 11.4 Å². The van der Waals surface area contributed by atoms with Gasteiger partial charge in [0, 0.05) is 23.4 Å². The molecule has 1 saturated heterocycles. The van der Waals surface area contributed by atoms with E-state index in [2.05, 4.69) is 0 Å². The van der Waals surface area contributed by atoms with Crippen LogP contribution < -0.4 is 4.90 Å². The number of aliphatic hydroxyl groups excluding tert-OH is 1. The minimum Gasteiger partial charge on any atom is -0.507 e. The predicted molar refractivity (Wildman–Crippen MR) is 120 cm³/mol.